The number of carbonyl (C=O) groups excluding carboxylic acids is 1. The second kappa shape index (κ2) is 5.02. The minimum atomic E-state index is -0.202. The largest absolute Gasteiger partial charge is 0.462 e. The fourth-order valence-electron chi connectivity index (χ4n) is 2.42. The number of nitrogens with one attached hydrogen (secondary N) is 1. The summed E-state index contributed by atoms with van der Waals surface area (Å²) in [4.78, 5) is 12.8. The van der Waals surface area contributed by atoms with Crippen molar-refractivity contribution in [1.82, 2.24) is 10.2 Å². The summed E-state index contributed by atoms with van der Waals surface area (Å²) in [5.74, 6) is -0.202. The summed E-state index contributed by atoms with van der Waals surface area (Å²) in [5.41, 5.74) is 4.57. The van der Waals surface area contributed by atoms with Crippen LogP contribution in [0.25, 0.3) is 11.3 Å². The van der Waals surface area contributed by atoms with E-state index in [4.69, 9.17) is 4.74 Å². The van der Waals surface area contributed by atoms with Gasteiger partial charge in [-0.25, -0.2) is 4.79 Å². The number of ether oxygens (including phenoxy) is 1. The van der Waals surface area contributed by atoms with Crippen LogP contribution in [0.5, 0.6) is 0 Å². The monoisotopic (exact) mass is 294 g/mol. The summed E-state index contributed by atoms with van der Waals surface area (Å²) in [6.45, 7) is 2.25. The van der Waals surface area contributed by atoms with Gasteiger partial charge in [-0.05, 0) is 37.1 Å². The van der Waals surface area contributed by atoms with Crippen LogP contribution in [0, 0.1) is 0 Å². The Hall–Kier alpha value is -1.27. The molecule has 0 atom stereocenters. The highest BCUT2D eigenvalue weighted by Crippen LogP contribution is 2.45. The maximum Gasteiger partial charge on any atom is 0.348 e. The molecule has 100 valence electrons. The number of thiophene rings is 1. The van der Waals surface area contributed by atoms with Gasteiger partial charge in [0.05, 0.1) is 22.7 Å². The molecule has 2 aromatic rings. The molecule has 1 aliphatic rings. The van der Waals surface area contributed by atoms with Crippen molar-refractivity contribution in [1.29, 1.82) is 0 Å². The van der Waals surface area contributed by atoms with Crippen LogP contribution in [0.1, 0.15) is 27.7 Å². The van der Waals surface area contributed by atoms with Crippen molar-refractivity contribution >= 4 is 29.1 Å². The molecule has 0 unspecified atom stereocenters. The lowest BCUT2D eigenvalue weighted by Crippen LogP contribution is -2.08. The molecule has 1 aliphatic carbocycles. The van der Waals surface area contributed by atoms with Crippen molar-refractivity contribution in [2.24, 2.45) is 0 Å². The molecule has 0 fully saturated rings. The molecule has 0 amide bonds. The van der Waals surface area contributed by atoms with Gasteiger partial charge < -0.3 is 4.74 Å². The first kappa shape index (κ1) is 12.7. The van der Waals surface area contributed by atoms with Crippen molar-refractivity contribution in [3.8, 4) is 11.3 Å². The second-order valence-electron chi connectivity index (χ2n) is 4.27. The Bertz CT molecular complexity index is 631. The normalized spacial score (nSPS) is 12.9. The molecule has 2 heterocycles. The van der Waals surface area contributed by atoms with E-state index in [1.54, 1.807) is 11.8 Å². The third-order valence-corrected chi connectivity index (χ3v) is 5.56. The number of rotatable bonds is 3. The topological polar surface area (TPSA) is 55.0 Å². The highest BCUT2D eigenvalue weighted by Gasteiger charge is 2.29. The summed E-state index contributed by atoms with van der Waals surface area (Å²) < 4.78 is 6.31. The molecular weight excluding hydrogens is 280 g/mol. The first-order valence-corrected chi connectivity index (χ1v) is 8.19. The van der Waals surface area contributed by atoms with Crippen LogP contribution in [0.15, 0.2) is 10.4 Å². The number of hydrogen-bond donors (Lipinski definition) is 1. The fourth-order valence-corrected chi connectivity index (χ4v) is 4.41. The molecule has 4 nitrogen and oxygen atoms in total. The Kier molecular flexibility index (Phi) is 3.36. The van der Waals surface area contributed by atoms with Crippen molar-refractivity contribution in [3.05, 3.63) is 22.2 Å². The van der Waals surface area contributed by atoms with E-state index in [0.29, 0.717) is 6.61 Å². The van der Waals surface area contributed by atoms with Crippen LogP contribution >= 0.6 is 23.1 Å². The smallest absolute Gasteiger partial charge is 0.348 e. The zero-order valence-electron chi connectivity index (χ0n) is 10.8. The van der Waals surface area contributed by atoms with Gasteiger partial charge in [0.1, 0.15) is 4.88 Å². The number of esters is 1. The zero-order valence-corrected chi connectivity index (χ0v) is 12.4. The molecule has 0 radical (unpaired) electrons. The minimum Gasteiger partial charge on any atom is -0.462 e. The Morgan fingerprint density at radius 3 is 3.16 bits per heavy atom. The van der Waals surface area contributed by atoms with Gasteiger partial charge >= 0.3 is 5.97 Å². The van der Waals surface area contributed by atoms with Crippen molar-refractivity contribution in [2.75, 3.05) is 12.9 Å². The van der Waals surface area contributed by atoms with Gasteiger partial charge in [0.25, 0.3) is 0 Å². The average Bonchev–Trinajstić information content (AvgIpc) is 3.02. The van der Waals surface area contributed by atoms with E-state index in [1.807, 2.05) is 19.4 Å². The van der Waals surface area contributed by atoms with Crippen LogP contribution in [0.3, 0.4) is 0 Å². The third kappa shape index (κ3) is 1.99. The quantitative estimate of drug-likeness (QED) is 0.698. The molecule has 19 heavy (non-hydrogen) atoms. The molecular formula is C13H14N2O2S2. The Labute approximate surface area is 119 Å². The maximum absolute atomic E-state index is 12.0. The predicted octanol–water partition coefficient (Wildman–Crippen LogP) is 3.14. The molecule has 0 saturated carbocycles. The highest BCUT2D eigenvalue weighted by atomic mass is 32.2. The van der Waals surface area contributed by atoms with E-state index < -0.39 is 0 Å². The number of nitrogens with zero attached hydrogens (tertiary/aromatic N) is 1. The molecule has 0 aliphatic heterocycles. The van der Waals surface area contributed by atoms with Gasteiger partial charge in [-0.3, -0.25) is 5.10 Å². The van der Waals surface area contributed by atoms with E-state index in [-0.39, 0.29) is 5.97 Å². The van der Waals surface area contributed by atoms with Gasteiger partial charge in [-0.2, -0.15) is 5.10 Å². The average molecular weight is 294 g/mol. The first-order valence-electron chi connectivity index (χ1n) is 6.15. The molecule has 0 bridgehead atoms. The van der Waals surface area contributed by atoms with Crippen LogP contribution in [0.2, 0.25) is 0 Å². The summed E-state index contributed by atoms with van der Waals surface area (Å²) >= 11 is 3.20. The van der Waals surface area contributed by atoms with Gasteiger partial charge in [0, 0.05) is 5.56 Å². The van der Waals surface area contributed by atoms with Crippen molar-refractivity contribution in [2.45, 2.75) is 24.0 Å². The summed E-state index contributed by atoms with van der Waals surface area (Å²) in [7, 11) is 0. The highest BCUT2D eigenvalue weighted by molar-refractivity contribution is 8.00. The van der Waals surface area contributed by atoms with Crippen molar-refractivity contribution < 1.29 is 9.53 Å². The molecule has 6 heteroatoms. The number of carbonyl (C=O) groups is 1. The predicted molar refractivity (Wildman–Crippen MR) is 77.0 cm³/mol. The Morgan fingerprint density at radius 2 is 2.42 bits per heavy atom. The molecule has 1 N–H and O–H groups in total. The molecule has 0 spiro atoms. The van der Waals surface area contributed by atoms with E-state index in [0.717, 1.165) is 38.7 Å². The van der Waals surface area contributed by atoms with Crippen LogP contribution in [-0.2, 0) is 17.6 Å². The summed E-state index contributed by atoms with van der Waals surface area (Å²) in [5, 5.41) is 7.19. The van der Waals surface area contributed by atoms with Crippen LogP contribution in [0.4, 0.5) is 0 Å². The third-order valence-electron chi connectivity index (χ3n) is 3.23. The molecule has 0 saturated heterocycles. The Balaban J connectivity index is 2.15. The fraction of sp³-hybridized carbons (Fsp3) is 0.385. The van der Waals surface area contributed by atoms with Crippen LogP contribution < -0.4 is 0 Å². The number of fused-ring (bicyclic) bond motifs is 3. The van der Waals surface area contributed by atoms with E-state index >= 15 is 0 Å². The number of aromatic nitrogens is 2. The maximum atomic E-state index is 12.0. The number of aromatic amines is 1. The van der Waals surface area contributed by atoms with E-state index in [9.17, 15) is 4.79 Å². The lowest BCUT2D eigenvalue weighted by molar-refractivity contribution is 0.0531. The minimum absolute atomic E-state index is 0.202. The SMILES string of the molecule is CCOC(=O)c1sc(SC)c2c1CCc1cn[nH]c1-2. The molecule has 0 aromatic carbocycles. The van der Waals surface area contributed by atoms with E-state index in [1.165, 1.54) is 16.9 Å². The number of hydrogen-bond acceptors (Lipinski definition) is 5. The first-order chi connectivity index (χ1) is 9.26. The zero-order chi connectivity index (χ0) is 13.4. The van der Waals surface area contributed by atoms with Gasteiger partial charge in [0.2, 0.25) is 0 Å². The lowest BCUT2D eigenvalue weighted by Gasteiger charge is -2.13. The second-order valence-corrected chi connectivity index (χ2v) is 6.36. The summed E-state index contributed by atoms with van der Waals surface area (Å²) in [6, 6.07) is 0. The number of H-pyrrole nitrogens is 1. The van der Waals surface area contributed by atoms with Crippen LogP contribution in [-0.4, -0.2) is 29.0 Å². The summed E-state index contributed by atoms with van der Waals surface area (Å²) in [6.07, 6.45) is 5.72. The molecule has 3 rings (SSSR count). The number of thioether (sulfide) groups is 1. The lowest BCUT2D eigenvalue weighted by atomic mass is 9.92. The van der Waals surface area contributed by atoms with E-state index in [2.05, 4.69) is 10.2 Å². The van der Waals surface area contributed by atoms with Gasteiger partial charge in [0.15, 0.2) is 0 Å². The van der Waals surface area contributed by atoms with Gasteiger partial charge in [-0.15, -0.1) is 23.1 Å². The van der Waals surface area contributed by atoms with Crippen molar-refractivity contribution in [3.63, 3.8) is 0 Å². The molecule has 2 aromatic heterocycles. The number of aryl methyl sites for hydroxylation is 1. The van der Waals surface area contributed by atoms with Gasteiger partial charge in [-0.1, -0.05) is 0 Å². The standard InChI is InChI=1S/C13H14N2O2S2/c1-3-17-12(16)11-8-5-4-7-6-14-15-10(7)9(8)13(18-2)19-11/h6H,3-5H2,1-2H3,(H,14,15). The Morgan fingerprint density at radius 1 is 1.58 bits per heavy atom.